The minimum atomic E-state index is -0.397. The molecule has 0 spiro atoms. The molecule has 4 rings (SSSR count). The van der Waals surface area contributed by atoms with Crippen molar-refractivity contribution in [1.82, 2.24) is 4.90 Å². The highest BCUT2D eigenvalue weighted by Gasteiger charge is 2.29. The van der Waals surface area contributed by atoms with E-state index in [1.165, 1.54) is 24.9 Å². The monoisotopic (exact) mass is 384 g/mol. The van der Waals surface area contributed by atoms with Crippen LogP contribution in [0.15, 0.2) is 41.8 Å². The van der Waals surface area contributed by atoms with Gasteiger partial charge in [0.15, 0.2) is 0 Å². The number of carbonyl (C=O) groups excluding carboxylic acids is 1. The molecule has 0 saturated carbocycles. The van der Waals surface area contributed by atoms with Gasteiger partial charge in [-0.2, -0.15) is 0 Å². The predicted molar refractivity (Wildman–Crippen MR) is 110 cm³/mol. The largest absolute Gasteiger partial charge is 0.387 e. The zero-order valence-electron chi connectivity index (χ0n) is 15.7. The van der Waals surface area contributed by atoms with E-state index in [1.807, 2.05) is 34.5 Å². The SMILES string of the molecule is O=C(c1ccc(N2CCCCC2)cc1)N1CCC(C(O)c2cccs2)CC1. The molecular formula is C22H28N2O2S. The molecule has 0 bridgehead atoms. The molecule has 5 heteroatoms. The number of hydrogen-bond acceptors (Lipinski definition) is 4. The molecule has 4 nitrogen and oxygen atoms in total. The van der Waals surface area contributed by atoms with Gasteiger partial charge in [-0.05, 0) is 73.7 Å². The highest BCUT2D eigenvalue weighted by molar-refractivity contribution is 7.10. The number of carbonyl (C=O) groups is 1. The van der Waals surface area contributed by atoms with Crippen LogP contribution < -0.4 is 4.90 Å². The highest BCUT2D eigenvalue weighted by Crippen LogP contribution is 2.33. The number of anilines is 1. The normalized spacial score (nSPS) is 19.9. The quantitative estimate of drug-likeness (QED) is 0.854. The molecule has 27 heavy (non-hydrogen) atoms. The minimum Gasteiger partial charge on any atom is -0.387 e. The number of rotatable bonds is 4. The van der Waals surface area contributed by atoms with Crippen LogP contribution in [-0.2, 0) is 0 Å². The maximum Gasteiger partial charge on any atom is 0.253 e. The van der Waals surface area contributed by atoms with Crippen molar-refractivity contribution in [1.29, 1.82) is 0 Å². The highest BCUT2D eigenvalue weighted by atomic mass is 32.1. The molecule has 2 aliphatic rings. The maximum atomic E-state index is 12.8. The predicted octanol–water partition coefficient (Wildman–Crippen LogP) is 4.32. The van der Waals surface area contributed by atoms with Crippen molar-refractivity contribution in [2.75, 3.05) is 31.1 Å². The summed E-state index contributed by atoms with van der Waals surface area (Å²) in [6.45, 7) is 3.68. The summed E-state index contributed by atoms with van der Waals surface area (Å²) >= 11 is 1.61. The third-order valence-corrected chi connectivity index (χ3v) is 6.89. The van der Waals surface area contributed by atoms with E-state index in [2.05, 4.69) is 17.0 Å². The van der Waals surface area contributed by atoms with Crippen molar-refractivity contribution in [2.45, 2.75) is 38.2 Å². The Kier molecular flexibility index (Phi) is 5.79. The van der Waals surface area contributed by atoms with Crippen molar-refractivity contribution in [3.63, 3.8) is 0 Å². The molecule has 1 unspecified atom stereocenters. The topological polar surface area (TPSA) is 43.8 Å². The molecule has 144 valence electrons. The van der Waals surface area contributed by atoms with Crippen molar-refractivity contribution >= 4 is 22.9 Å². The number of aliphatic hydroxyl groups excluding tert-OH is 1. The average Bonchev–Trinajstić information content (AvgIpc) is 3.28. The first-order valence-corrected chi connectivity index (χ1v) is 11.0. The van der Waals surface area contributed by atoms with Crippen LogP contribution in [0.5, 0.6) is 0 Å². The zero-order valence-corrected chi connectivity index (χ0v) is 16.5. The van der Waals surface area contributed by atoms with Crippen LogP contribution in [0.2, 0.25) is 0 Å². The molecule has 1 aromatic carbocycles. The van der Waals surface area contributed by atoms with Crippen molar-refractivity contribution in [3.8, 4) is 0 Å². The Morgan fingerprint density at radius 2 is 1.70 bits per heavy atom. The Hall–Kier alpha value is -1.85. The van der Waals surface area contributed by atoms with Crippen LogP contribution in [0.3, 0.4) is 0 Å². The van der Waals surface area contributed by atoms with Gasteiger partial charge in [0.25, 0.3) is 5.91 Å². The molecule has 3 heterocycles. The summed E-state index contributed by atoms with van der Waals surface area (Å²) in [5, 5.41) is 12.5. The number of amides is 1. The number of benzene rings is 1. The summed E-state index contributed by atoms with van der Waals surface area (Å²) in [4.78, 5) is 18.2. The van der Waals surface area contributed by atoms with Gasteiger partial charge in [0.2, 0.25) is 0 Å². The Morgan fingerprint density at radius 1 is 1.00 bits per heavy atom. The summed E-state index contributed by atoms with van der Waals surface area (Å²) < 4.78 is 0. The first-order chi connectivity index (χ1) is 13.2. The van der Waals surface area contributed by atoms with E-state index in [0.717, 1.165) is 49.5 Å². The molecule has 0 radical (unpaired) electrons. The van der Waals surface area contributed by atoms with Crippen LogP contribution in [0.1, 0.15) is 53.4 Å². The summed E-state index contributed by atoms with van der Waals surface area (Å²) in [5.74, 6) is 0.360. The molecule has 1 N–H and O–H groups in total. The molecule has 2 saturated heterocycles. The molecule has 2 aromatic rings. The van der Waals surface area contributed by atoms with Crippen LogP contribution in [-0.4, -0.2) is 42.1 Å². The average molecular weight is 385 g/mol. The molecule has 2 aliphatic heterocycles. The standard InChI is InChI=1S/C22H28N2O2S/c25-21(20-5-4-16-27-20)17-10-14-24(15-11-17)22(26)18-6-8-19(9-7-18)23-12-2-1-3-13-23/h4-9,16-17,21,25H,1-3,10-15H2. The van der Waals surface area contributed by atoms with Gasteiger partial charge in [-0.25, -0.2) is 0 Å². The second-order valence-electron chi connectivity index (χ2n) is 7.68. The number of likely N-dealkylation sites (tertiary alicyclic amines) is 1. The zero-order chi connectivity index (χ0) is 18.6. The lowest BCUT2D eigenvalue weighted by atomic mass is 9.90. The molecule has 1 aromatic heterocycles. The molecule has 1 atom stereocenters. The van der Waals surface area contributed by atoms with E-state index in [1.54, 1.807) is 11.3 Å². The van der Waals surface area contributed by atoms with Gasteiger partial charge in [0, 0.05) is 42.3 Å². The minimum absolute atomic E-state index is 0.115. The second kappa shape index (κ2) is 8.44. The fraction of sp³-hybridized carbons (Fsp3) is 0.500. The van der Waals surface area contributed by atoms with Gasteiger partial charge in [-0.1, -0.05) is 6.07 Å². The van der Waals surface area contributed by atoms with Crippen molar-refractivity contribution in [3.05, 3.63) is 52.2 Å². The third kappa shape index (κ3) is 4.19. The number of hydrogen-bond donors (Lipinski definition) is 1. The van der Waals surface area contributed by atoms with Crippen molar-refractivity contribution < 1.29 is 9.90 Å². The molecule has 2 fully saturated rings. The van der Waals surface area contributed by atoms with Gasteiger partial charge < -0.3 is 14.9 Å². The van der Waals surface area contributed by atoms with Gasteiger partial charge in [-0.15, -0.1) is 11.3 Å². The summed E-state index contributed by atoms with van der Waals surface area (Å²) in [5.41, 5.74) is 2.00. The Bertz CT molecular complexity index is 730. The fourth-order valence-corrected chi connectivity index (χ4v) is 5.06. The number of piperidine rings is 2. The number of thiophene rings is 1. The first-order valence-electron chi connectivity index (χ1n) is 10.1. The third-order valence-electron chi connectivity index (χ3n) is 5.94. The van der Waals surface area contributed by atoms with E-state index >= 15 is 0 Å². The van der Waals surface area contributed by atoms with Crippen LogP contribution in [0, 0.1) is 5.92 Å². The van der Waals surface area contributed by atoms with Crippen LogP contribution in [0.25, 0.3) is 0 Å². The summed E-state index contributed by atoms with van der Waals surface area (Å²) in [6, 6.07) is 12.1. The van der Waals surface area contributed by atoms with E-state index in [0.29, 0.717) is 0 Å². The lowest BCUT2D eigenvalue weighted by molar-refractivity contribution is 0.0474. The smallest absolute Gasteiger partial charge is 0.253 e. The molecule has 0 aliphatic carbocycles. The fourth-order valence-electron chi connectivity index (χ4n) is 4.26. The van der Waals surface area contributed by atoms with Gasteiger partial charge in [-0.3, -0.25) is 4.79 Å². The summed E-state index contributed by atoms with van der Waals surface area (Å²) in [7, 11) is 0. The first kappa shape index (κ1) is 18.5. The van der Waals surface area contributed by atoms with Gasteiger partial charge >= 0.3 is 0 Å². The van der Waals surface area contributed by atoms with Crippen molar-refractivity contribution in [2.24, 2.45) is 5.92 Å². The Balaban J connectivity index is 1.33. The van der Waals surface area contributed by atoms with Gasteiger partial charge in [0.1, 0.15) is 0 Å². The Labute approximate surface area is 165 Å². The lowest BCUT2D eigenvalue weighted by Gasteiger charge is -2.34. The van der Waals surface area contributed by atoms with E-state index in [4.69, 9.17) is 0 Å². The van der Waals surface area contributed by atoms with E-state index in [9.17, 15) is 9.90 Å². The van der Waals surface area contributed by atoms with Gasteiger partial charge in [0.05, 0.1) is 6.10 Å². The number of nitrogens with zero attached hydrogens (tertiary/aromatic N) is 2. The van der Waals surface area contributed by atoms with Crippen LogP contribution in [0.4, 0.5) is 5.69 Å². The Morgan fingerprint density at radius 3 is 2.33 bits per heavy atom. The maximum absolute atomic E-state index is 12.8. The lowest BCUT2D eigenvalue weighted by Crippen LogP contribution is -2.39. The second-order valence-corrected chi connectivity index (χ2v) is 8.66. The van der Waals surface area contributed by atoms with E-state index < -0.39 is 6.10 Å². The molecule has 1 amide bonds. The number of aliphatic hydroxyl groups is 1. The summed E-state index contributed by atoms with van der Waals surface area (Å²) in [6.07, 6.45) is 5.16. The van der Waals surface area contributed by atoms with E-state index in [-0.39, 0.29) is 11.8 Å². The van der Waals surface area contributed by atoms with Crippen LogP contribution >= 0.6 is 11.3 Å². The molecular weight excluding hydrogens is 356 g/mol.